The van der Waals surface area contributed by atoms with E-state index in [1.54, 1.807) is 0 Å². The van der Waals surface area contributed by atoms with Crippen LogP contribution in [0.1, 0.15) is 37.3 Å². The van der Waals surface area contributed by atoms with Crippen molar-refractivity contribution in [1.82, 2.24) is 0 Å². The van der Waals surface area contributed by atoms with Crippen LogP contribution >= 0.6 is 15.9 Å². The van der Waals surface area contributed by atoms with Crippen molar-refractivity contribution in [3.05, 3.63) is 35.4 Å². The van der Waals surface area contributed by atoms with E-state index in [0.717, 1.165) is 0 Å². The third-order valence-corrected chi connectivity index (χ3v) is 2.47. The Hall–Kier alpha value is -0.300. The van der Waals surface area contributed by atoms with Crippen LogP contribution in [-0.4, -0.2) is 5.33 Å². The fourth-order valence-corrected chi connectivity index (χ4v) is 1.55. The molecule has 0 aliphatic rings. The maximum Gasteiger partial charge on any atom is 0.00313 e. The molecule has 0 unspecified atom stereocenters. The summed E-state index contributed by atoms with van der Waals surface area (Å²) in [4.78, 5) is 0. The van der Waals surface area contributed by atoms with Gasteiger partial charge in [-0.2, -0.15) is 0 Å². The zero-order valence-electron chi connectivity index (χ0n) is 9.52. The molecule has 0 fully saturated rings. The lowest BCUT2D eigenvalue weighted by molar-refractivity contribution is 0.781. The highest BCUT2D eigenvalue weighted by atomic mass is 79.9. The molecular formula is C13H21Br. The minimum atomic E-state index is 1.17. The monoisotopic (exact) mass is 256 g/mol. The van der Waals surface area contributed by atoms with Crippen molar-refractivity contribution in [3.8, 4) is 0 Å². The predicted octanol–water partition coefficient (Wildman–Crippen LogP) is 4.87. The molecule has 0 saturated heterocycles. The Kier molecular flexibility index (Phi) is 9.06. The van der Waals surface area contributed by atoms with Gasteiger partial charge in [0.1, 0.15) is 0 Å². The number of hydrogen-bond donors (Lipinski definition) is 0. The van der Waals surface area contributed by atoms with Crippen molar-refractivity contribution in [2.75, 3.05) is 5.33 Å². The van der Waals surface area contributed by atoms with Gasteiger partial charge in [-0.3, -0.25) is 0 Å². The molecule has 0 nitrogen and oxygen atoms in total. The minimum Gasteiger partial charge on any atom is -0.0928 e. The van der Waals surface area contributed by atoms with Crippen LogP contribution in [0.5, 0.6) is 0 Å². The van der Waals surface area contributed by atoms with Crippen LogP contribution in [-0.2, 0) is 0 Å². The van der Waals surface area contributed by atoms with Gasteiger partial charge in [0.2, 0.25) is 0 Å². The molecule has 14 heavy (non-hydrogen) atoms. The number of halogens is 1. The fraction of sp³-hybridized carbons (Fsp3) is 0.538. The van der Waals surface area contributed by atoms with Crippen molar-refractivity contribution >= 4 is 15.9 Å². The lowest BCUT2D eigenvalue weighted by Gasteiger charge is -1.90. The van der Waals surface area contributed by atoms with Crippen molar-refractivity contribution in [2.24, 2.45) is 0 Å². The number of hydrogen-bond acceptors (Lipinski definition) is 0. The maximum atomic E-state index is 3.35. The molecular weight excluding hydrogens is 236 g/mol. The normalized spacial score (nSPS) is 9.14. The molecule has 1 aromatic carbocycles. The van der Waals surface area contributed by atoms with Crippen LogP contribution in [0.15, 0.2) is 24.3 Å². The molecule has 1 aromatic rings. The largest absolute Gasteiger partial charge is 0.0928 e. The minimum absolute atomic E-state index is 1.17. The van der Waals surface area contributed by atoms with Gasteiger partial charge in [0.15, 0.2) is 0 Å². The lowest BCUT2D eigenvalue weighted by atomic mass is 10.2. The van der Waals surface area contributed by atoms with Gasteiger partial charge in [-0.1, -0.05) is 71.1 Å². The molecule has 0 aliphatic carbocycles. The van der Waals surface area contributed by atoms with E-state index in [-0.39, 0.29) is 0 Å². The molecule has 0 heterocycles. The molecule has 0 amide bonds. The summed E-state index contributed by atoms with van der Waals surface area (Å²) in [5, 5.41) is 1.17. The first-order valence-electron chi connectivity index (χ1n) is 5.30. The van der Waals surface area contributed by atoms with E-state index in [2.05, 4.69) is 61.0 Å². The Morgan fingerprint density at radius 2 is 1.64 bits per heavy atom. The molecule has 0 radical (unpaired) electrons. The van der Waals surface area contributed by atoms with E-state index in [9.17, 15) is 0 Å². The Morgan fingerprint density at radius 1 is 1.07 bits per heavy atom. The standard InChI is InChI=1S/C8H10.C5H11Br/c1-7-4-3-5-8(2)6-7;1-2-3-4-5-6/h3-6H,1-2H3;2-5H2,1H3. The zero-order valence-corrected chi connectivity index (χ0v) is 11.1. The fourth-order valence-electron chi connectivity index (χ4n) is 1.15. The summed E-state index contributed by atoms with van der Waals surface area (Å²) in [7, 11) is 0. The number of benzene rings is 1. The van der Waals surface area contributed by atoms with Crippen LogP contribution in [0, 0.1) is 13.8 Å². The SMILES string of the molecule is CCCCCBr.Cc1cccc(C)c1. The summed E-state index contributed by atoms with van der Waals surface area (Å²) in [5.41, 5.74) is 2.68. The van der Waals surface area contributed by atoms with Crippen molar-refractivity contribution < 1.29 is 0 Å². The van der Waals surface area contributed by atoms with Crippen LogP contribution in [0.25, 0.3) is 0 Å². The maximum absolute atomic E-state index is 3.35. The number of rotatable bonds is 3. The Balaban J connectivity index is 0.000000255. The first-order valence-corrected chi connectivity index (χ1v) is 6.42. The van der Waals surface area contributed by atoms with Gasteiger partial charge in [-0.25, -0.2) is 0 Å². The molecule has 0 spiro atoms. The molecule has 0 aromatic heterocycles. The summed E-state index contributed by atoms with van der Waals surface area (Å²) in [6.07, 6.45) is 4.02. The first-order chi connectivity index (χ1) is 6.70. The molecule has 1 rings (SSSR count). The second-order valence-corrected chi connectivity index (χ2v) is 4.35. The smallest absolute Gasteiger partial charge is 0.00313 e. The molecule has 0 bridgehead atoms. The van der Waals surface area contributed by atoms with Gasteiger partial charge >= 0.3 is 0 Å². The third kappa shape index (κ3) is 8.31. The van der Waals surface area contributed by atoms with Gasteiger partial charge < -0.3 is 0 Å². The van der Waals surface area contributed by atoms with Gasteiger partial charge in [-0.05, 0) is 20.3 Å². The van der Waals surface area contributed by atoms with Gasteiger partial charge in [0, 0.05) is 5.33 Å². The predicted molar refractivity (Wildman–Crippen MR) is 69.2 cm³/mol. The van der Waals surface area contributed by atoms with E-state index in [0.29, 0.717) is 0 Å². The zero-order chi connectivity index (χ0) is 10.8. The summed E-state index contributed by atoms with van der Waals surface area (Å²) in [6, 6.07) is 8.45. The third-order valence-electron chi connectivity index (χ3n) is 1.91. The summed E-state index contributed by atoms with van der Waals surface area (Å²) < 4.78 is 0. The summed E-state index contributed by atoms with van der Waals surface area (Å²) >= 11 is 3.35. The van der Waals surface area contributed by atoms with Crippen LogP contribution in [0.3, 0.4) is 0 Å². The highest BCUT2D eigenvalue weighted by molar-refractivity contribution is 9.09. The van der Waals surface area contributed by atoms with E-state index in [1.165, 1.54) is 35.7 Å². The quantitative estimate of drug-likeness (QED) is 0.535. The van der Waals surface area contributed by atoms with Gasteiger partial charge in [0.05, 0.1) is 0 Å². The van der Waals surface area contributed by atoms with Crippen LogP contribution in [0.2, 0.25) is 0 Å². The van der Waals surface area contributed by atoms with Crippen molar-refractivity contribution in [2.45, 2.75) is 40.0 Å². The second kappa shape index (κ2) is 9.26. The van der Waals surface area contributed by atoms with E-state index >= 15 is 0 Å². The highest BCUT2D eigenvalue weighted by Crippen LogP contribution is 2.00. The highest BCUT2D eigenvalue weighted by Gasteiger charge is 1.80. The van der Waals surface area contributed by atoms with Crippen molar-refractivity contribution in [1.29, 1.82) is 0 Å². The average Bonchev–Trinajstić information content (AvgIpc) is 2.15. The molecule has 0 N–H and O–H groups in total. The summed E-state index contributed by atoms with van der Waals surface area (Å²) in [5.74, 6) is 0. The van der Waals surface area contributed by atoms with Crippen LogP contribution < -0.4 is 0 Å². The van der Waals surface area contributed by atoms with E-state index in [1.807, 2.05) is 0 Å². The molecule has 0 atom stereocenters. The first kappa shape index (κ1) is 13.7. The van der Waals surface area contributed by atoms with E-state index < -0.39 is 0 Å². The van der Waals surface area contributed by atoms with Crippen molar-refractivity contribution in [3.63, 3.8) is 0 Å². The number of alkyl halides is 1. The number of aryl methyl sites for hydroxylation is 2. The van der Waals surface area contributed by atoms with Gasteiger partial charge in [0.25, 0.3) is 0 Å². The Bertz CT molecular complexity index is 209. The molecule has 0 aliphatic heterocycles. The molecule has 80 valence electrons. The van der Waals surface area contributed by atoms with E-state index in [4.69, 9.17) is 0 Å². The number of unbranched alkanes of at least 4 members (excludes halogenated alkanes) is 2. The molecule has 1 heteroatoms. The topological polar surface area (TPSA) is 0 Å². The van der Waals surface area contributed by atoms with Crippen LogP contribution in [0.4, 0.5) is 0 Å². The molecule has 0 saturated carbocycles. The average molecular weight is 257 g/mol. The Morgan fingerprint density at radius 3 is 1.86 bits per heavy atom. The van der Waals surface area contributed by atoms with Gasteiger partial charge in [-0.15, -0.1) is 0 Å². The lowest BCUT2D eigenvalue weighted by Crippen LogP contribution is -1.71. The second-order valence-electron chi connectivity index (χ2n) is 3.55. The Labute approximate surface area is 96.9 Å². The summed E-state index contributed by atoms with van der Waals surface area (Å²) in [6.45, 7) is 6.42.